The first-order valence-corrected chi connectivity index (χ1v) is 7.86. The summed E-state index contributed by atoms with van der Waals surface area (Å²) in [6.45, 7) is 3.92. The molecule has 1 aromatic carbocycles. The molecule has 0 amide bonds. The van der Waals surface area contributed by atoms with Crippen LogP contribution in [0.2, 0.25) is 15.2 Å². The van der Waals surface area contributed by atoms with Gasteiger partial charge in [-0.15, -0.1) is 11.3 Å². The number of hydrogen-bond donors (Lipinski definition) is 0. The molecule has 3 rings (SSSR count). The Kier molecular flexibility index (Phi) is 3.63. The molecular weight excluding hydrogens is 335 g/mol. The number of rotatable bonds is 1. The van der Waals surface area contributed by atoms with Gasteiger partial charge in [0.1, 0.15) is 5.15 Å². The molecule has 3 aromatic rings. The van der Waals surface area contributed by atoms with Gasteiger partial charge < -0.3 is 0 Å². The summed E-state index contributed by atoms with van der Waals surface area (Å²) in [5.41, 5.74) is 2.77. The molecule has 0 bridgehead atoms. The zero-order chi connectivity index (χ0) is 14.4. The molecule has 0 fully saturated rings. The Hall–Kier alpha value is -0.870. The summed E-state index contributed by atoms with van der Waals surface area (Å²) in [5.74, 6) is 0.538. The van der Waals surface area contributed by atoms with Gasteiger partial charge in [0.25, 0.3) is 0 Å². The minimum atomic E-state index is 0.348. The molecule has 20 heavy (non-hydrogen) atoms. The first kappa shape index (κ1) is 14.1. The highest BCUT2D eigenvalue weighted by Gasteiger charge is 2.16. The zero-order valence-corrected chi connectivity index (χ0v) is 13.8. The van der Waals surface area contributed by atoms with E-state index in [0.29, 0.717) is 26.4 Å². The summed E-state index contributed by atoms with van der Waals surface area (Å²) in [4.78, 5) is 9.76. The lowest BCUT2D eigenvalue weighted by Gasteiger charge is -2.07. The fourth-order valence-electron chi connectivity index (χ4n) is 1.97. The predicted octanol–water partition coefficient (Wildman–Crippen LogP) is 5.94. The van der Waals surface area contributed by atoms with Crippen molar-refractivity contribution in [3.8, 4) is 10.7 Å². The van der Waals surface area contributed by atoms with E-state index in [-0.39, 0.29) is 0 Å². The van der Waals surface area contributed by atoms with Gasteiger partial charge in [0.2, 0.25) is 0 Å². The van der Waals surface area contributed by atoms with E-state index in [4.69, 9.17) is 34.8 Å². The third-order valence-corrected chi connectivity index (χ3v) is 5.34. The molecule has 0 atom stereocenters. The number of halogens is 3. The van der Waals surface area contributed by atoms with Crippen molar-refractivity contribution in [2.45, 2.75) is 13.8 Å². The second-order valence-corrected chi connectivity index (χ2v) is 6.51. The van der Waals surface area contributed by atoms with Crippen molar-refractivity contribution in [3.05, 3.63) is 43.8 Å². The lowest BCUT2D eigenvalue weighted by atomic mass is 10.1. The molecule has 0 aliphatic rings. The van der Waals surface area contributed by atoms with Crippen LogP contribution in [0.3, 0.4) is 0 Å². The number of hydrogen-bond acceptors (Lipinski definition) is 3. The monoisotopic (exact) mass is 342 g/mol. The molecule has 0 N–H and O–H groups in total. The third-order valence-electron chi connectivity index (χ3n) is 3.06. The average molecular weight is 344 g/mol. The molecule has 0 spiro atoms. The first-order valence-electron chi connectivity index (χ1n) is 5.85. The summed E-state index contributed by atoms with van der Waals surface area (Å²) >= 11 is 20.2. The van der Waals surface area contributed by atoms with Crippen molar-refractivity contribution in [2.24, 2.45) is 0 Å². The summed E-state index contributed by atoms with van der Waals surface area (Å²) in [6.07, 6.45) is 0. The number of nitrogens with zero attached hydrogens (tertiary/aromatic N) is 2. The standard InChI is InChI=1S/C14H9Cl3N2S/c1-6-3-4-8(15)9-11(6)18-14(19-13(9)17)12-10(16)7(2)5-20-12/h3-5H,1-2H3. The number of aromatic nitrogens is 2. The van der Waals surface area contributed by atoms with Crippen LogP contribution >= 0.6 is 46.1 Å². The Balaban J connectivity index is 2.35. The molecule has 0 aliphatic carbocycles. The molecule has 2 aromatic heterocycles. The van der Waals surface area contributed by atoms with Crippen LogP contribution in [-0.2, 0) is 0 Å². The van der Waals surface area contributed by atoms with Gasteiger partial charge in [-0.25, -0.2) is 9.97 Å². The lowest BCUT2D eigenvalue weighted by Crippen LogP contribution is -1.93. The lowest BCUT2D eigenvalue weighted by molar-refractivity contribution is 1.23. The molecule has 0 saturated carbocycles. The van der Waals surface area contributed by atoms with Crippen molar-refractivity contribution >= 4 is 57.0 Å². The van der Waals surface area contributed by atoms with Crippen LogP contribution in [0.15, 0.2) is 17.5 Å². The van der Waals surface area contributed by atoms with Crippen LogP contribution in [0, 0.1) is 13.8 Å². The van der Waals surface area contributed by atoms with Crippen LogP contribution in [0.5, 0.6) is 0 Å². The molecule has 2 nitrogen and oxygen atoms in total. The van der Waals surface area contributed by atoms with Crippen LogP contribution in [0.25, 0.3) is 21.6 Å². The van der Waals surface area contributed by atoms with Crippen LogP contribution in [0.4, 0.5) is 0 Å². The molecule has 102 valence electrons. The van der Waals surface area contributed by atoms with Crippen LogP contribution in [0.1, 0.15) is 11.1 Å². The number of benzene rings is 1. The predicted molar refractivity (Wildman–Crippen MR) is 87.4 cm³/mol. The van der Waals surface area contributed by atoms with Crippen molar-refractivity contribution in [1.29, 1.82) is 0 Å². The van der Waals surface area contributed by atoms with E-state index in [1.165, 1.54) is 11.3 Å². The quantitative estimate of drug-likeness (QED) is 0.511. The van der Waals surface area contributed by atoms with Gasteiger partial charge in [0, 0.05) is 0 Å². The highest BCUT2D eigenvalue weighted by molar-refractivity contribution is 7.14. The Labute approximate surface area is 135 Å². The van der Waals surface area contributed by atoms with E-state index < -0.39 is 0 Å². The van der Waals surface area contributed by atoms with E-state index in [0.717, 1.165) is 21.5 Å². The second-order valence-electron chi connectivity index (χ2n) is 4.49. The van der Waals surface area contributed by atoms with E-state index in [1.54, 1.807) is 6.07 Å². The Morgan fingerprint density at radius 3 is 2.40 bits per heavy atom. The van der Waals surface area contributed by atoms with Crippen molar-refractivity contribution in [3.63, 3.8) is 0 Å². The maximum atomic E-state index is 6.28. The first-order chi connectivity index (χ1) is 9.49. The normalized spacial score (nSPS) is 11.2. The van der Waals surface area contributed by atoms with E-state index in [2.05, 4.69) is 9.97 Å². The van der Waals surface area contributed by atoms with E-state index in [9.17, 15) is 0 Å². The van der Waals surface area contributed by atoms with E-state index in [1.807, 2.05) is 25.3 Å². The largest absolute Gasteiger partial charge is 0.227 e. The summed E-state index contributed by atoms with van der Waals surface area (Å²) in [7, 11) is 0. The van der Waals surface area contributed by atoms with Gasteiger partial charge >= 0.3 is 0 Å². The average Bonchev–Trinajstić information content (AvgIpc) is 2.74. The molecule has 0 saturated heterocycles. The van der Waals surface area contributed by atoms with Gasteiger partial charge in [-0.1, -0.05) is 40.9 Å². The Bertz CT molecular complexity index is 827. The molecule has 0 unspecified atom stereocenters. The van der Waals surface area contributed by atoms with E-state index >= 15 is 0 Å². The van der Waals surface area contributed by atoms with Gasteiger partial charge in [0.05, 0.1) is 25.8 Å². The van der Waals surface area contributed by atoms with Gasteiger partial charge in [-0.3, -0.25) is 0 Å². The van der Waals surface area contributed by atoms with Crippen LogP contribution in [-0.4, -0.2) is 9.97 Å². The number of aryl methyl sites for hydroxylation is 2. The minimum Gasteiger partial charge on any atom is -0.227 e. The number of thiophene rings is 1. The number of fused-ring (bicyclic) bond motifs is 1. The minimum absolute atomic E-state index is 0.348. The summed E-state index contributed by atoms with van der Waals surface area (Å²) in [5, 5.41) is 4.23. The van der Waals surface area contributed by atoms with Gasteiger partial charge in [-0.05, 0) is 36.4 Å². The molecule has 0 radical (unpaired) electrons. The third kappa shape index (κ3) is 2.19. The Morgan fingerprint density at radius 2 is 1.75 bits per heavy atom. The summed E-state index contributed by atoms with van der Waals surface area (Å²) < 4.78 is 0. The van der Waals surface area contributed by atoms with Crippen molar-refractivity contribution < 1.29 is 0 Å². The van der Waals surface area contributed by atoms with Gasteiger partial charge in [-0.2, -0.15) is 0 Å². The van der Waals surface area contributed by atoms with Crippen molar-refractivity contribution in [1.82, 2.24) is 9.97 Å². The van der Waals surface area contributed by atoms with Gasteiger partial charge in [0.15, 0.2) is 5.82 Å². The highest BCUT2D eigenvalue weighted by atomic mass is 35.5. The van der Waals surface area contributed by atoms with Crippen molar-refractivity contribution in [2.75, 3.05) is 0 Å². The maximum absolute atomic E-state index is 6.28. The molecular formula is C14H9Cl3N2S. The fourth-order valence-corrected chi connectivity index (χ4v) is 3.75. The van der Waals surface area contributed by atoms with Crippen LogP contribution < -0.4 is 0 Å². The molecule has 0 aliphatic heterocycles. The molecule has 2 heterocycles. The molecule has 6 heteroatoms. The smallest absolute Gasteiger partial charge is 0.173 e. The SMILES string of the molecule is Cc1csc(-c2nc(Cl)c3c(Cl)ccc(C)c3n2)c1Cl. The zero-order valence-electron chi connectivity index (χ0n) is 10.7. The fraction of sp³-hybridized carbons (Fsp3) is 0.143. The Morgan fingerprint density at radius 1 is 1.00 bits per heavy atom. The highest BCUT2D eigenvalue weighted by Crippen LogP contribution is 2.37. The topological polar surface area (TPSA) is 25.8 Å². The second kappa shape index (κ2) is 5.15. The summed E-state index contributed by atoms with van der Waals surface area (Å²) in [6, 6.07) is 3.72. The maximum Gasteiger partial charge on any atom is 0.173 e.